The normalized spacial score (nSPS) is 21.0. The Morgan fingerprint density at radius 3 is 1.62 bits per heavy atom. The first-order valence-electron chi connectivity index (χ1n) is 23.9. The zero-order valence-electron chi connectivity index (χ0n) is 41.0. The van der Waals surface area contributed by atoms with Gasteiger partial charge in [0.1, 0.15) is 18.2 Å². The van der Waals surface area contributed by atoms with Gasteiger partial charge in [-0.2, -0.15) is 28.7 Å². The van der Waals surface area contributed by atoms with E-state index in [9.17, 15) is 22.8 Å². The maximum Gasteiger partial charge on any atom is 0.368 e. The molecule has 0 saturated carbocycles. The molecule has 0 bridgehead atoms. The topological polar surface area (TPSA) is 232 Å². The smallest absolute Gasteiger partial charge is 0.368 e. The number of hydrogen-bond acceptors (Lipinski definition) is 17. The van der Waals surface area contributed by atoms with Crippen molar-refractivity contribution in [3.05, 3.63) is 90.9 Å². The predicted octanol–water partition coefficient (Wildman–Crippen LogP) is 5.30. The Kier molecular flexibility index (Phi) is 14.4. The molecule has 0 aliphatic carbocycles. The standard InChI is InChI=1S/C25H29F2N9O2.C22H26BrF2N9O/c1-25(2)13-16(11-17-7-4-8-35(17)25)29-22-19(27)14-28-23(31-22)30-20-12-21(36-24(38)34(3)32-33-36)15(6-5-9-37)10-18(20)26;1-22(2)10-12(7-13-5-4-6-33(13)22)27-19-16(25)11-26-20(29-19)28-17-9-18(14(23)8-15(17)24)34-21(35)32(3)30-31-34/h10,12,14,16-17,37H,4,7-9,11,13H2,1-3H3,(H2,28,29,30,31);8-9,11-13H,4-7,10H2,1-3H3,(H2,26,27,28,29)/t16-,17+;12-,13+/m11/s1. The van der Waals surface area contributed by atoms with E-state index in [1.54, 1.807) is 0 Å². The number of hydrogen-bond donors (Lipinski definition) is 5. The maximum atomic E-state index is 15.1. The van der Waals surface area contributed by atoms with Gasteiger partial charge in [-0.1, -0.05) is 11.8 Å². The van der Waals surface area contributed by atoms with Crippen molar-refractivity contribution in [3.8, 4) is 23.2 Å². The molecule has 0 radical (unpaired) electrons. The molecule has 10 rings (SSSR count). The monoisotopic (exact) mass is 1070 g/mol. The lowest BCUT2D eigenvalue weighted by atomic mass is 9.84. The molecule has 4 aliphatic heterocycles. The summed E-state index contributed by atoms with van der Waals surface area (Å²) in [5.41, 5.74) is -0.620. The number of nitrogens with one attached hydrogen (secondary N) is 4. The van der Waals surface area contributed by atoms with E-state index in [0.29, 0.717) is 16.6 Å². The summed E-state index contributed by atoms with van der Waals surface area (Å²) >= 11 is 3.25. The van der Waals surface area contributed by atoms with Crippen molar-refractivity contribution >= 4 is 50.8 Å². The Labute approximate surface area is 424 Å². The summed E-state index contributed by atoms with van der Waals surface area (Å²) in [6.45, 7) is 10.6. The quantitative estimate of drug-likeness (QED) is 0.0866. The fraction of sp³-hybridized carbons (Fsp3) is 0.489. The highest BCUT2D eigenvalue weighted by atomic mass is 79.9. The van der Waals surface area contributed by atoms with Crippen molar-refractivity contribution in [2.45, 2.75) is 114 Å². The summed E-state index contributed by atoms with van der Waals surface area (Å²) in [4.78, 5) is 46.3. The molecule has 4 aromatic heterocycles. The number of aliphatic hydroxyl groups excluding tert-OH is 1. The van der Waals surface area contributed by atoms with Crippen LogP contribution in [0.15, 0.2) is 50.7 Å². The predicted molar refractivity (Wildman–Crippen MR) is 266 cm³/mol. The Balaban J connectivity index is 0.000000180. The minimum Gasteiger partial charge on any atom is -0.384 e. The molecule has 4 fully saturated rings. The van der Waals surface area contributed by atoms with Crippen molar-refractivity contribution in [2.24, 2.45) is 14.1 Å². The van der Waals surface area contributed by atoms with Gasteiger partial charge in [0.25, 0.3) is 0 Å². The molecule has 8 heterocycles. The first-order valence-corrected chi connectivity index (χ1v) is 24.6. The zero-order chi connectivity index (χ0) is 51.9. The first-order chi connectivity index (χ1) is 34.8. The van der Waals surface area contributed by atoms with Crippen LogP contribution in [0.4, 0.5) is 52.5 Å². The summed E-state index contributed by atoms with van der Waals surface area (Å²) in [7, 11) is 2.88. The average Bonchev–Trinajstić information content (AvgIpc) is 4.16. The Bertz CT molecular complexity index is 3220. The molecular weight excluding hydrogens is 1020 g/mol. The molecule has 2 aromatic carbocycles. The lowest BCUT2D eigenvalue weighted by Gasteiger charge is -2.47. The van der Waals surface area contributed by atoms with Crippen LogP contribution in [0, 0.1) is 35.1 Å². The molecular formula is C47H55BrF4N18O3. The number of nitrogens with zero attached hydrogens (tertiary/aromatic N) is 14. The van der Waals surface area contributed by atoms with Gasteiger partial charge in [0, 0.05) is 53.8 Å². The maximum absolute atomic E-state index is 15.1. The zero-order valence-corrected chi connectivity index (χ0v) is 42.6. The van der Waals surface area contributed by atoms with Crippen molar-refractivity contribution in [2.75, 3.05) is 41.0 Å². The third-order valence-electron chi connectivity index (χ3n) is 13.9. The first kappa shape index (κ1) is 51.1. The second-order valence-electron chi connectivity index (χ2n) is 19.9. The van der Waals surface area contributed by atoms with Crippen LogP contribution < -0.4 is 32.6 Å². The van der Waals surface area contributed by atoms with Crippen LogP contribution in [-0.4, -0.2) is 129 Å². The van der Waals surface area contributed by atoms with Gasteiger partial charge in [-0.15, -0.1) is 0 Å². The van der Waals surface area contributed by atoms with Gasteiger partial charge in [0.2, 0.25) is 11.9 Å². The number of tetrazole rings is 2. The highest BCUT2D eigenvalue weighted by molar-refractivity contribution is 9.10. The van der Waals surface area contributed by atoms with E-state index >= 15 is 4.39 Å². The molecule has 0 unspecified atom stereocenters. The fourth-order valence-corrected chi connectivity index (χ4v) is 11.2. The summed E-state index contributed by atoms with van der Waals surface area (Å²) < 4.78 is 63.5. The van der Waals surface area contributed by atoms with Crippen LogP contribution in [0.25, 0.3) is 11.4 Å². The van der Waals surface area contributed by atoms with E-state index in [1.807, 2.05) is 0 Å². The molecule has 4 atom stereocenters. The van der Waals surface area contributed by atoms with Gasteiger partial charge < -0.3 is 26.4 Å². The second kappa shape index (κ2) is 20.6. The molecule has 386 valence electrons. The van der Waals surface area contributed by atoms with Gasteiger partial charge in [0.15, 0.2) is 23.3 Å². The number of halogens is 5. The van der Waals surface area contributed by atoms with Gasteiger partial charge in [-0.05, 0) is 153 Å². The van der Waals surface area contributed by atoms with E-state index in [1.165, 1.54) is 38.7 Å². The highest BCUT2D eigenvalue weighted by Crippen LogP contribution is 2.40. The number of fused-ring (bicyclic) bond motifs is 2. The summed E-state index contributed by atoms with van der Waals surface area (Å²) in [5, 5.41) is 36.1. The van der Waals surface area contributed by atoms with Crippen molar-refractivity contribution in [1.29, 1.82) is 0 Å². The minimum atomic E-state index is -0.717. The Morgan fingerprint density at radius 2 is 1.15 bits per heavy atom. The van der Waals surface area contributed by atoms with Crippen molar-refractivity contribution in [3.63, 3.8) is 0 Å². The number of aromatic nitrogens is 12. The Morgan fingerprint density at radius 1 is 0.685 bits per heavy atom. The van der Waals surface area contributed by atoms with Crippen LogP contribution in [0.1, 0.15) is 84.6 Å². The molecule has 4 saturated heterocycles. The number of anilines is 6. The van der Waals surface area contributed by atoms with Crippen LogP contribution >= 0.6 is 15.9 Å². The van der Waals surface area contributed by atoms with Crippen molar-refractivity contribution < 1.29 is 22.7 Å². The molecule has 4 aliphatic rings. The number of aryl methyl sites for hydroxylation is 2. The SMILES string of the molecule is Cn1nnn(-c2cc(Nc3ncc(F)c(N[C@@H]4C[C@@H]5CCCN5C(C)(C)C4)n3)c(F)cc2Br)c1=O.Cn1nnn(-c2cc(Nc3ncc(F)c(N[C@@H]4C[C@@H]5CCCN5C(C)(C)C4)n3)c(F)cc2C#CCO)c1=O. The van der Waals surface area contributed by atoms with Gasteiger partial charge in [-0.3, -0.25) is 9.80 Å². The minimum absolute atomic E-state index is 0.00120. The van der Waals surface area contributed by atoms with Gasteiger partial charge in [-0.25, -0.2) is 37.1 Å². The van der Waals surface area contributed by atoms with E-state index < -0.39 is 41.3 Å². The summed E-state index contributed by atoms with van der Waals surface area (Å²) in [6.07, 6.45) is 10.2. The van der Waals surface area contributed by atoms with E-state index in [2.05, 4.69) is 127 Å². The van der Waals surface area contributed by atoms with Gasteiger partial charge in [0.05, 0.1) is 40.7 Å². The number of piperidine rings is 2. The molecule has 5 N–H and O–H groups in total. The van der Waals surface area contributed by atoms with E-state index in [0.717, 1.165) is 95.2 Å². The lowest BCUT2D eigenvalue weighted by molar-refractivity contribution is 0.0498. The fourth-order valence-electron chi connectivity index (χ4n) is 10.7. The van der Waals surface area contributed by atoms with Crippen LogP contribution in [0.3, 0.4) is 0 Å². The summed E-state index contributed by atoms with van der Waals surface area (Å²) in [6, 6.07) is 5.99. The number of benzene rings is 2. The third kappa shape index (κ3) is 10.8. The largest absolute Gasteiger partial charge is 0.384 e. The number of aliphatic hydroxyl groups is 1. The number of rotatable bonds is 10. The highest BCUT2D eigenvalue weighted by Gasteiger charge is 2.44. The average molecular weight is 1080 g/mol. The van der Waals surface area contributed by atoms with Crippen molar-refractivity contribution in [1.82, 2.24) is 69.3 Å². The van der Waals surface area contributed by atoms with E-state index in [4.69, 9.17) is 5.11 Å². The van der Waals surface area contributed by atoms with Crippen LogP contribution in [0.2, 0.25) is 0 Å². The molecule has 73 heavy (non-hydrogen) atoms. The lowest BCUT2D eigenvalue weighted by Crippen LogP contribution is -2.55. The summed E-state index contributed by atoms with van der Waals surface area (Å²) in [5.74, 6) is 2.63. The van der Waals surface area contributed by atoms with Crippen LogP contribution in [0.5, 0.6) is 0 Å². The third-order valence-corrected chi connectivity index (χ3v) is 14.5. The second-order valence-corrected chi connectivity index (χ2v) is 20.7. The molecule has 0 amide bonds. The van der Waals surface area contributed by atoms with Gasteiger partial charge >= 0.3 is 11.4 Å². The molecule has 6 aromatic rings. The molecule has 26 heteroatoms. The van der Waals surface area contributed by atoms with E-state index in [-0.39, 0.29) is 75.0 Å². The molecule has 21 nitrogen and oxygen atoms in total. The van der Waals surface area contributed by atoms with Crippen LogP contribution in [-0.2, 0) is 14.1 Å². The Hall–Kier alpha value is -6.82. The molecule has 0 spiro atoms.